The van der Waals surface area contributed by atoms with Crippen LogP contribution in [0.1, 0.15) is 24.8 Å². The highest BCUT2D eigenvalue weighted by atomic mass is 32.2. The molecule has 23 heavy (non-hydrogen) atoms. The summed E-state index contributed by atoms with van der Waals surface area (Å²) in [6.07, 6.45) is 1.85. The quantitative estimate of drug-likeness (QED) is 0.409. The Balaban J connectivity index is 1.62. The molecule has 2 rings (SSSR count). The van der Waals surface area contributed by atoms with Crippen molar-refractivity contribution in [3.8, 4) is 0 Å². The molecule has 128 valence electrons. The van der Waals surface area contributed by atoms with E-state index in [-0.39, 0.29) is 29.5 Å². The second-order valence-corrected chi connectivity index (χ2v) is 7.24. The third kappa shape index (κ3) is 5.02. The van der Waals surface area contributed by atoms with Gasteiger partial charge in [-0.15, -0.1) is 0 Å². The van der Waals surface area contributed by atoms with Gasteiger partial charge in [-0.05, 0) is 38.3 Å². The normalized spacial score (nSPS) is 20.8. The van der Waals surface area contributed by atoms with Gasteiger partial charge in [0, 0.05) is 6.61 Å². The van der Waals surface area contributed by atoms with Gasteiger partial charge in [-0.3, -0.25) is 8.98 Å². The van der Waals surface area contributed by atoms with Gasteiger partial charge in [-0.1, -0.05) is 17.7 Å². The monoisotopic (exact) mass is 342 g/mol. The number of benzene rings is 1. The van der Waals surface area contributed by atoms with Gasteiger partial charge in [-0.2, -0.15) is 8.42 Å². The van der Waals surface area contributed by atoms with Crippen molar-refractivity contribution in [2.75, 3.05) is 20.3 Å². The molecule has 0 N–H and O–H groups in total. The maximum atomic E-state index is 11.9. The lowest BCUT2D eigenvalue weighted by atomic mass is 9.82. The van der Waals surface area contributed by atoms with Gasteiger partial charge in [0.05, 0.1) is 30.6 Å². The zero-order valence-electron chi connectivity index (χ0n) is 13.4. The molecule has 1 saturated carbocycles. The molecule has 0 atom stereocenters. The Bertz CT molecular complexity index is 616. The Hall–Kier alpha value is -1.44. The lowest BCUT2D eigenvalue weighted by molar-refractivity contribution is -0.154. The molecule has 0 spiro atoms. The summed E-state index contributed by atoms with van der Waals surface area (Å²) in [7, 11) is -2.33. The Labute approximate surface area is 136 Å². The summed E-state index contributed by atoms with van der Waals surface area (Å²) in [5.41, 5.74) is 0.989. The fraction of sp³-hybridized carbons (Fsp3) is 0.562. The highest BCUT2D eigenvalue weighted by molar-refractivity contribution is 7.86. The predicted octanol–water partition coefficient (Wildman–Crippen LogP) is 2.06. The standard InChI is InChI=1S/C16H22O6S/c1-12-4-6-15(7-5-12)23(18,19)22-9-3-8-21-14-10-13(11-14)16(17)20-2/h4-7,13-14H,3,8-11H2,1-2H3. The summed E-state index contributed by atoms with van der Waals surface area (Å²) >= 11 is 0. The molecular weight excluding hydrogens is 320 g/mol. The first kappa shape index (κ1) is 17.9. The molecule has 1 fully saturated rings. The second kappa shape index (κ2) is 7.90. The van der Waals surface area contributed by atoms with E-state index in [2.05, 4.69) is 4.74 Å². The minimum absolute atomic E-state index is 0.0489. The van der Waals surface area contributed by atoms with Crippen LogP contribution in [0.2, 0.25) is 0 Å². The minimum atomic E-state index is -3.71. The molecule has 0 heterocycles. The van der Waals surface area contributed by atoms with Gasteiger partial charge in [-0.25, -0.2) is 0 Å². The number of esters is 1. The van der Waals surface area contributed by atoms with Crippen molar-refractivity contribution in [3.05, 3.63) is 29.8 Å². The number of aryl methyl sites for hydroxylation is 1. The Morgan fingerprint density at radius 2 is 1.83 bits per heavy atom. The van der Waals surface area contributed by atoms with Crippen LogP contribution >= 0.6 is 0 Å². The average Bonchev–Trinajstić information content (AvgIpc) is 2.48. The number of carbonyl (C=O) groups excluding carboxylic acids is 1. The summed E-state index contributed by atoms with van der Waals surface area (Å²) in [5.74, 6) is -0.263. The highest BCUT2D eigenvalue weighted by Gasteiger charge is 2.35. The summed E-state index contributed by atoms with van der Waals surface area (Å²) in [6.45, 7) is 2.37. The summed E-state index contributed by atoms with van der Waals surface area (Å²) in [5, 5.41) is 0. The zero-order chi connectivity index (χ0) is 16.9. The van der Waals surface area contributed by atoms with Crippen molar-refractivity contribution in [1.82, 2.24) is 0 Å². The molecule has 1 aliphatic carbocycles. The van der Waals surface area contributed by atoms with Crippen LogP contribution in [0, 0.1) is 12.8 Å². The smallest absolute Gasteiger partial charge is 0.308 e. The van der Waals surface area contributed by atoms with Crippen molar-refractivity contribution in [1.29, 1.82) is 0 Å². The molecule has 0 aromatic heterocycles. The van der Waals surface area contributed by atoms with Gasteiger partial charge in [0.15, 0.2) is 0 Å². The van der Waals surface area contributed by atoms with Crippen LogP contribution < -0.4 is 0 Å². The molecule has 0 amide bonds. The number of hydrogen-bond acceptors (Lipinski definition) is 6. The second-order valence-electron chi connectivity index (χ2n) is 5.63. The number of carbonyl (C=O) groups is 1. The van der Waals surface area contributed by atoms with Crippen molar-refractivity contribution in [2.24, 2.45) is 5.92 Å². The lowest BCUT2D eigenvalue weighted by Crippen LogP contribution is -2.37. The van der Waals surface area contributed by atoms with E-state index in [1.807, 2.05) is 6.92 Å². The summed E-state index contributed by atoms with van der Waals surface area (Å²) < 4.78 is 39.1. The van der Waals surface area contributed by atoms with Gasteiger partial charge >= 0.3 is 5.97 Å². The Morgan fingerprint density at radius 3 is 2.43 bits per heavy atom. The van der Waals surface area contributed by atoms with Crippen LogP contribution in [0.3, 0.4) is 0 Å². The van der Waals surface area contributed by atoms with Gasteiger partial charge in [0.2, 0.25) is 0 Å². The third-order valence-electron chi connectivity index (χ3n) is 3.82. The minimum Gasteiger partial charge on any atom is -0.469 e. The first-order valence-electron chi connectivity index (χ1n) is 7.58. The molecule has 7 heteroatoms. The van der Waals surface area contributed by atoms with Gasteiger partial charge in [0.25, 0.3) is 10.1 Å². The number of methoxy groups -OCH3 is 1. The molecule has 1 aromatic rings. The van der Waals surface area contributed by atoms with E-state index in [0.717, 1.165) is 5.56 Å². The van der Waals surface area contributed by atoms with E-state index < -0.39 is 10.1 Å². The van der Waals surface area contributed by atoms with Gasteiger partial charge in [0.1, 0.15) is 0 Å². The maximum absolute atomic E-state index is 11.9. The van der Waals surface area contributed by atoms with E-state index >= 15 is 0 Å². The molecule has 0 radical (unpaired) electrons. The first-order valence-corrected chi connectivity index (χ1v) is 8.98. The third-order valence-corrected chi connectivity index (χ3v) is 5.15. The fourth-order valence-corrected chi connectivity index (χ4v) is 3.25. The summed E-state index contributed by atoms with van der Waals surface area (Å²) in [6, 6.07) is 6.52. The van der Waals surface area contributed by atoms with E-state index in [1.54, 1.807) is 12.1 Å². The van der Waals surface area contributed by atoms with E-state index in [0.29, 0.717) is 25.9 Å². The average molecular weight is 342 g/mol. The van der Waals surface area contributed by atoms with Crippen LogP contribution in [-0.2, 0) is 28.6 Å². The lowest BCUT2D eigenvalue weighted by Gasteiger charge is -2.32. The molecule has 0 saturated heterocycles. The van der Waals surface area contributed by atoms with Crippen LogP contribution in [0.15, 0.2) is 29.2 Å². The van der Waals surface area contributed by atoms with Crippen molar-refractivity contribution < 1.29 is 26.9 Å². The summed E-state index contributed by atoms with van der Waals surface area (Å²) in [4.78, 5) is 11.4. The van der Waals surface area contributed by atoms with Crippen molar-refractivity contribution >= 4 is 16.1 Å². The number of rotatable bonds is 8. The number of ether oxygens (including phenoxy) is 2. The molecule has 1 aliphatic rings. The zero-order valence-corrected chi connectivity index (χ0v) is 14.2. The fourth-order valence-electron chi connectivity index (χ4n) is 2.31. The van der Waals surface area contributed by atoms with Crippen LogP contribution in [0.5, 0.6) is 0 Å². The van der Waals surface area contributed by atoms with Crippen LogP contribution in [0.25, 0.3) is 0 Å². The molecule has 6 nitrogen and oxygen atoms in total. The van der Waals surface area contributed by atoms with E-state index in [4.69, 9.17) is 8.92 Å². The Morgan fingerprint density at radius 1 is 1.17 bits per heavy atom. The predicted molar refractivity (Wildman–Crippen MR) is 83.4 cm³/mol. The highest BCUT2D eigenvalue weighted by Crippen LogP contribution is 2.31. The largest absolute Gasteiger partial charge is 0.469 e. The van der Waals surface area contributed by atoms with Gasteiger partial charge < -0.3 is 9.47 Å². The van der Waals surface area contributed by atoms with Crippen LogP contribution in [-0.4, -0.2) is 40.8 Å². The maximum Gasteiger partial charge on any atom is 0.308 e. The SMILES string of the molecule is COC(=O)C1CC(OCCCOS(=O)(=O)c2ccc(C)cc2)C1. The van der Waals surface area contributed by atoms with E-state index in [1.165, 1.54) is 19.2 Å². The molecule has 0 unspecified atom stereocenters. The first-order chi connectivity index (χ1) is 10.9. The van der Waals surface area contributed by atoms with Crippen molar-refractivity contribution in [2.45, 2.75) is 37.2 Å². The van der Waals surface area contributed by atoms with E-state index in [9.17, 15) is 13.2 Å². The molecular formula is C16H22O6S. The Kier molecular flexibility index (Phi) is 6.15. The molecule has 0 aliphatic heterocycles. The van der Waals surface area contributed by atoms with Crippen LogP contribution in [0.4, 0.5) is 0 Å². The molecule has 0 bridgehead atoms. The topological polar surface area (TPSA) is 78.9 Å². The number of hydrogen-bond donors (Lipinski definition) is 0. The molecule has 1 aromatic carbocycles. The van der Waals surface area contributed by atoms with Crippen molar-refractivity contribution in [3.63, 3.8) is 0 Å².